The number of ether oxygens (including phenoxy) is 1. The molecule has 0 unspecified atom stereocenters. The van der Waals surface area contributed by atoms with Gasteiger partial charge in [-0.3, -0.25) is 4.68 Å². The lowest BCUT2D eigenvalue weighted by molar-refractivity contribution is 0.177. The van der Waals surface area contributed by atoms with Crippen LogP contribution in [-0.2, 0) is 18.4 Å². The molecule has 4 nitrogen and oxygen atoms in total. The summed E-state index contributed by atoms with van der Waals surface area (Å²) in [7, 11) is 3.38. The first-order chi connectivity index (χ1) is 6.29. The predicted molar refractivity (Wildman–Crippen MR) is 50.0 cm³/mol. The molecule has 0 spiro atoms. The van der Waals surface area contributed by atoms with E-state index in [0.717, 1.165) is 5.69 Å². The van der Waals surface area contributed by atoms with Gasteiger partial charge in [-0.2, -0.15) is 10.4 Å². The van der Waals surface area contributed by atoms with Crippen LogP contribution in [-0.4, -0.2) is 16.9 Å². The van der Waals surface area contributed by atoms with Crippen LogP contribution in [0.5, 0.6) is 0 Å². The molecule has 0 N–H and O–H groups in total. The van der Waals surface area contributed by atoms with Gasteiger partial charge in [0.05, 0.1) is 24.1 Å². The number of nitriles is 1. The largest absolute Gasteiger partial charge is 0.378 e. The van der Waals surface area contributed by atoms with E-state index in [1.807, 2.05) is 19.9 Å². The van der Waals surface area contributed by atoms with Crippen molar-refractivity contribution in [2.75, 3.05) is 7.11 Å². The van der Waals surface area contributed by atoms with E-state index in [0.29, 0.717) is 12.2 Å². The molecule has 1 heterocycles. The second-order valence-corrected chi connectivity index (χ2v) is 2.17. The molecule has 4 heteroatoms. The van der Waals surface area contributed by atoms with Crippen LogP contribution in [0.3, 0.4) is 0 Å². The molecule has 0 bridgehead atoms. The Bertz CT molecular complexity index is 286. The average molecular weight is 181 g/mol. The standard InChI is InChI=1S/C7H9N3O.C2H6/c1-10-7(5-11-2)6(3-8)4-9-10;1-2/h4H,5H2,1-2H3;1-2H3. The molecule has 0 aliphatic rings. The minimum Gasteiger partial charge on any atom is -0.378 e. The van der Waals surface area contributed by atoms with Gasteiger partial charge >= 0.3 is 0 Å². The van der Waals surface area contributed by atoms with Crippen LogP contribution >= 0.6 is 0 Å². The number of rotatable bonds is 2. The minimum atomic E-state index is 0.430. The highest BCUT2D eigenvalue weighted by Crippen LogP contribution is 2.05. The fourth-order valence-corrected chi connectivity index (χ4v) is 0.864. The highest BCUT2D eigenvalue weighted by molar-refractivity contribution is 5.30. The van der Waals surface area contributed by atoms with Crippen molar-refractivity contribution in [3.63, 3.8) is 0 Å². The first-order valence-electron chi connectivity index (χ1n) is 4.19. The smallest absolute Gasteiger partial charge is 0.103 e. The van der Waals surface area contributed by atoms with Crippen LogP contribution in [0, 0.1) is 11.3 Å². The highest BCUT2D eigenvalue weighted by Gasteiger charge is 2.05. The first-order valence-corrected chi connectivity index (χ1v) is 4.19. The van der Waals surface area contributed by atoms with E-state index in [1.165, 1.54) is 6.20 Å². The molecule has 13 heavy (non-hydrogen) atoms. The van der Waals surface area contributed by atoms with Crippen molar-refractivity contribution in [3.05, 3.63) is 17.5 Å². The van der Waals surface area contributed by atoms with Gasteiger partial charge in [0.2, 0.25) is 0 Å². The van der Waals surface area contributed by atoms with Gasteiger partial charge in [0, 0.05) is 14.2 Å². The summed E-state index contributed by atoms with van der Waals surface area (Å²) in [5.74, 6) is 0. The molecule has 0 amide bonds. The summed E-state index contributed by atoms with van der Waals surface area (Å²) in [5.41, 5.74) is 1.39. The van der Waals surface area contributed by atoms with Gasteiger partial charge in [-0.15, -0.1) is 0 Å². The third kappa shape index (κ3) is 2.88. The normalized spacial score (nSPS) is 8.54. The molecule has 0 aliphatic carbocycles. The number of hydrogen-bond acceptors (Lipinski definition) is 3. The Morgan fingerprint density at radius 1 is 1.62 bits per heavy atom. The minimum absolute atomic E-state index is 0.430. The van der Waals surface area contributed by atoms with Crippen molar-refractivity contribution in [3.8, 4) is 6.07 Å². The molecular weight excluding hydrogens is 166 g/mol. The van der Waals surface area contributed by atoms with Crippen molar-refractivity contribution in [1.29, 1.82) is 5.26 Å². The van der Waals surface area contributed by atoms with Crippen LogP contribution in [0.1, 0.15) is 25.1 Å². The molecule has 1 rings (SSSR count). The van der Waals surface area contributed by atoms with Crippen molar-refractivity contribution in [1.82, 2.24) is 9.78 Å². The molecule has 0 atom stereocenters. The number of aromatic nitrogens is 2. The van der Waals surface area contributed by atoms with Crippen LogP contribution in [0.25, 0.3) is 0 Å². The van der Waals surface area contributed by atoms with Gasteiger partial charge in [-0.25, -0.2) is 0 Å². The Kier molecular flexibility index (Phi) is 5.57. The SMILES string of the molecule is CC.COCc1c(C#N)cnn1C. The number of aryl methyl sites for hydroxylation is 1. The van der Waals surface area contributed by atoms with E-state index in [1.54, 1.807) is 18.8 Å². The Morgan fingerprint density at radius 2 is 2.23 bits per heavy atom. The van der Waals surface area contributed by atoms with E-state index in [4.69, 9.17) is 10.00 Å². The molecule has 0 fully saturated rings. The summed E-state index contributed by atoms with van der Waals surface area (Å²) < 4.78 is 6.54. The molecule has 0 saturated heterocycles. The third-order valence-electron chi connectivity index (χ3n) is 1.46. The molecule has 1 aromatic rings. The topological polar surface area (TPSA) is 50.8 Å². The lowest BCUT2D eigenvalue weighted by Crippen LogP contribution is -2.00. The molecule has 1 aromatic heterocycles. The lowest BCUT2D eigenvalue weighted by atomic mass is 10.3. The van der Waals surface area contributed by atoms with Crippen LogP contribution in [0.4, 0.5) is 0 Å². The fraction of sp³-hybridized carbons (Fsp3) is 0.556. The van der Waals surface area contributed by atoms with Crippen molar-refractivity contribution >= 4 is 0 Å². The lowest BCUT2D eigenvalue weighted by Gasteiger charge is -1.98. The maximum absolute atomic E-state index is 8.60. The predicted octanol–water partition coefficient (Wildman–Crippen LogP) is 1.46. The van der Waals surface area contributed by atoms with E-state index in [2.05, 4.69) is 5.10 Å². The zero-order valence-corrected chi connectivity index (χ0v) is 8.53. The Hall–Kier alpha value is -1.34. The monoisotopic (exact) mass is 181 g/mol. The van der Waals surface area contributed by atoms with Gasteiger partial charge in [0.1, 0.15) is 6.07 Å². The van der Waals surface area contributed by atoms with Gasteiger partial charge in [0.25, 0.3) is 0 Å². The Labute approximate surface area is 78.7 Å². The third-order valence-corrected chi connectivity index (χ3v) is 1.46. The molecule has 72 valence electrons. The van der Waals surface area contributed by atoms with Gasteiger partial charge < -0.3 is 4.74 Å². The zero-order chi connectivity index (χ0) is 10.3. The molecule has 0 aliphatic heterocycles. The summed E-state index contributed by atoms with van der Waals surface area (Å²) in [4.78, 5) is 0. The number of hydrogen-bond donors (Lipinski definition) is 0. The van der Waals surface area contributed by atoms with E-state index in [9.17, 15) is 0 Å². The summed E-state index contributed by atoms with van der Waals surface area (Å²) >= 11 is 0. The average Bonchev–Trinajstić information content (AvgIpc) is 2.52. The Balaban J connectivity index is 0.000000671. The molecule has 0 saturated carbocycles. The summed E-state index contributed by atoms with van der Waals surface area (Å²) in [6, 6.07) is 2.04. The fourth-order valence-electron chi connectivity index (χ4n) is 0.864. The van der Waals surface area contributed by atoms with E-state index >= 15 is 0 Å². The van der Waals surface area contributed by atoms with Crippen molar-refractivity contribution in [2.24, 2.45) is 7.05 Å². The summed E-state index contributed by atoms with van der Waals surface area (Å²) in [6.07, 6.45) is 1.54. The quantitative estimate of drug-likeness (QED) is 0.694. The zero-order valence-electron chi connectivity index (χ0n) is 8.53. The summed E-state index contributed by atoms with van der Waals surface area (Å²) in [5, 5.41) is 12.5. The van der Waals surface area contributed by atoms with Crippen LogP contribution < -0.4 is 0 Å². The number of methoxy groups -OCH3 is 1. The maximum atomic E-state index is 8.60. The first kappa shape index (κ1) is 11.7. The van der Waals surface area contributed by atoms with Crippen molar-refractivity contribution < 1.29 is 4.74 Å². The second kappa shape index (κ2) is 6.21. The second-order valence-electron chi connectivity index (χ2n) is 2.17. The highest BCUT2D eigenvalue weighted by atomic mass is 16.5. The van der Waals surface area contributed by atoms with Gasteiger partial charge in [0.15, 0.2) is 0 Å². The van der Waals surface area contributed by atoms with Crippen molar-refractivity contribution in [2.45, 2.75) is 20.5 Å². The van der Waals surface area contributed by atoms with E-state index in [-0.39, 0.29) is 0 Å². The molecular formula is C9H15N3O. The van der Waals surface area contributed by atoms with Crippen LogP contribution in [0.15, 0.2) is 6.20 Å². The van der Waals surface area contributed by atoms with E-state index < -0.39 is 0 Å². The maximum Gasteiger partial charge on any atom is 0.103 e. The molecule has 0 aromatic carbocycles. The molecule has 0 radical (unpaired) electrons. The Morgan fingerprint density at radius 3 is 2.69 bits per heavy atom. The number of nitrogens with zero attached hydrogens (tertiary/aromatic N) is 3. The van der Waals surface area contributed by atoms with Gasteiger partial charge in [-0.05, 0) is 0 Å². The van der Waals surface area contributed by atoms with Crippen LogP contribution in [0.2, 0.25) is 0 Å². The summed E-state index contributed by atoms with van der Waals surface area (Å²) in [6.45, 7) is 4.43. The van der Waals surface area contributed by atoms with Gasteiger partial charge in [-0.1, -0.05) is 13.8 Å².